The van der Waals surface area contributed by atoms with Gasteiger partial charge in [0.05, 0.1) is 0 Å². The molecular weight excluding hydrogens is 200 g/mol. The van der Waals surface area contributed by atoms with E-state index in [9.17, 15) is 9.90 Å². The molecule has 1 aromatic rings. The first-order chi connectivity index (χ1) is 7.11. The molecule has 5 N–H and O–H groups in total. The number of phenolic OH excluding ortho intramolecular Hbond substituents is 2. The molecule has 1 amide bonds. The number of hydrogen-bond acceptors (Lipinski definition) is 5. The highest BCUT2D eigenvalue weighted by atomic mass is 16.6. The van der Waals surface area contributed by atoms with Crippen LogP contribution in [0.1, 0.15) is 5.56 Å². The van der Waals surface area contributed by atoms with Gasteiger partial charge in [0.2, 0.25) is 5.91 Å². The van der Waals surface area contributed by atoms with Gasteiger partial charge in [0, 0.05) is 12.1 Å². The van der Waals surface area contributed by atoms with E-state index in [2.05, 4.69) is 10.3 Å². The van der Waals surface area contributed by atoms with Crippen LogP contribution < -0.4 is 11.2 Å². The van der Waals surface area contributed by atoms with Crippen molar-refractivity contribution in [3.63, 3.8) is 0 Å². The van der Waals surface area contributed by atoms with E-state index >= 15 is 0 Å². The van der Waals surface area contributed by atoms with E-state index in [1.165, 1.54) is 6.07 Å². The van der Waals surface area contributed by atoms with Crippen molar-refractivity contribution in [2.24, 2.45) is 5.73 Å². The third-order valence-corrected chi connectivity index (χ3v) is 1.68. The van der Waals surface area contributed by atoms with Crippen LogP contribution in [0.5, 0.6) is 11.5 Å². The van der Waals surface area contributed by atoms with Gasteiger partial charge in [0.25, 0.3) is 0 Å². The lowest BCUT2D eigenvalue weighted by Gasteiger charge is -2.06. The van der Waals surface area contributed by atoms with E-state index in [-0.39, 0.29) is 24.7 Å². The molecule has 0 aromatic heterocycles. The number of primary amides is 1. The first-order valence-corrected chi connectivity index (χ1v) is 4.24. The highest BCUT2D eigenvalue weighted by molar-refractivity contribution is 5.74. The molecule has 0 bridgehead atoms. The van der Waals surface area contributed by atoms with Crippen molar-refractivity contribution in [1.82, 2.24) is 5.48 Å². The minimum atomic E-state index is -0.595. The topological polar surface area (TPSA) is 105 Å². The van der Waals surface area contributed by atoms with E-state index in [0.29, 0.717) is 5.56 Å². The summed E-state index contributed by atoms with van der Waals surface area (Å²) in [6.07, 6.45) is 0. The molecule has 0 radical (unpaired) electrons. The van der Waals surface area contributed by atoms with Crippen molar-refractivity contribution in [1.29, 1.82) is 0 Å². The summed E-state index contributed by atoms with van der Waals surface area (Å²) in [7, 11) is 0. The van der Waals surface area contributed by atoms with E-state index < -0.39 is 5.91 Å². The lowest BCUT2D eigenvalue weighted by molar-refractivity contribution is -0.125. The van der Waals surface area contributed by atoms with Crippen LogP contribution in [0.4, 0.5) is 0 Å². The van der Waals surface area contributed by atoms with Crippen molar-refractivity contribution >= 4 is 5.91 Å². The zero-order valence-corrected chi connectivity index (χ0v) is 7.93. The average Bonchev–Trinajstić information content (AvgIpc) is 2.18. The van der Waals surface area contributed by atoms with Gasteiger partial charge in [-0.05, 0) is 6.07 Å². The van der Waals surface area contributed by atoms with Gasteiger partial charge in [-0.15, -0.1) is 0 Å². The Morgan fingerprint density at radius 1 is 1.47 bits per heavy atom. The Morgan fingerprint density at radius 2 is 2.20 bits per heavy atom. The summed E-state index contributed by atoms with van der Waals surface area (Å²) in [5.41, 5.74) is 7.72. The molecule has 0 aliphatic rings. The standard InChI is InChI=1S/C9H12N2O4/c10-8(13)5-15-11-4-6-2-1-3-7(12)9(6)14/h1-3,11-12,14H,4-5H2,(H2,10,13). The summed E-state index contributed by atoms with van der Waals surface area (Å²) in [6.45, 7) is -0.0902. The normalized spacial score (nSPS) is 10.1. The van der Waals surface area contributed by atoms with E-state index in [4.69, 9.17) is 10.8 Å². The second-order valence-corrected chi connectivity index (χ2v) is 2.86. The van der Waals surface area contributed by atoms with Crippen LogP contribution in [-0.4, -0.2) is 22.7 Å². The predicted octanol–water partition coefficient (Wildman–Crippen LogP) is -0.396. The number of amides is 1. The van der Waals surface area contributed by atoms with Gasteiger partial charge in [-0.25, -0.2) is 0 Å². The van der Waals surface area contributed by atoms with Gasteiger partial charge in [-0.3, -0.25) is 9.63 Å². The van der Waals surface area contributed by atoms with Gasteiger partial charge in [-0.2, -0.15) is 5.48 Å². The Bertz CT molecular complexity index is 354. The Balaban J connectivity index is 2.44. The van der Waals surface area contributed by atoms with Crippen molar-refractivity contribution < 1.29 is 19.8 Å². The maximum absolute atomic E-state index is 10.3. The van der Waals surface area contributed by atoms with E-state index in [1.807, 2.05) is 0 Å². The van der Waals surface area contributed by atoms with Crippen LogP contribution in [0.15, 0.2) is 18.2 Å². The van der Waals surface area contributed by atoms with Gasteiger partial charge in [0.15, 0.2) is 11.5 Å². The Morgan fingerprint density at radius 3 is 2.87 bits per heavy atom. The monoisotopic (exact) mass is 212 g/mol. The molecule has 0 saturated heterocycles. The Kier molecular flexibility index (Phi) is 3.90. The summed E-state index contributed by atoms with van der Waals surface area (Å²) in [5.74, 6) is -1.01. The number of aromatic hydroxyl groups is 2. The number of nitrogens with one attached hydrogen (secondary N) is 1. The average molecular weight is 212 g/mol. The van der Waals surface area contributed by atoms with E-state index in [1.54, 1.807) is 12.1 Å². The van der Waals surface area contributed by atoms with Crippen molar-refractivity contribution in [3.8, 4) is 11.5 Å². The fraction of sp³-hybridized carbons (Fsp3) is 0.222. The van der Waals surface area contributed by atoms with Crippen LogP contribution in [0.3, 0.4) is 0 Å². The molecule has 0 aliphatic heterocycles. The van der Waals surface area contributed by atoms with Gasteiger partial charge >= 0.3 is 0 Å². The van der Waals surface area contributed by atoms with Crippen LogP contribution in [0.25, 0.3) is 0 Å². The summed E-state index contributed by atoms with van der Waals surface area (Å²) in [4.78, 5) is 15.0. The summed E-state index contributed by atoms with van der Waals surface area (Å²) in [5, 5.41) is 18.5. The molecule has 0 spiro atoms. The number of phenols is 2. The predicted molar refractivity (Wildman–Crippen MR) is 51.8 cm³/mol. The minimum absolute atomic E-state index is 0.160. The fourth-order valence-corrected chi connectivity index (χ4v) is 0.971. The first-order valence-electron chi connectivity index (χ1n) is 4.24. The smallest absolute Gasteiger partial charge is 0.245 e. The molecule has 6 heteroatoms. The number of rotatable bonds is 5. The van der Waals surface area contributed by atoms with Crippen LogP contribution in [-0.2, 0) is 16.2 Å². The lowest BCUT2D eigenvalue weighted by atomic mass is 10.2. The molecule has 82 valence electrons. The summed E-state index contributed by atoms with van der Waals surface area (Å²) < 4.78 is 0. The molecule has 1 aromatic carbocycles. The number of hydrogen-bond donors (Lipinski definition) is 4. The second-order valence-electron chi connectivity index (χ2n) is 2.86. The third kappa shape index (κ3) is 3.45. The zero-order chi connectivity index (χ0) is 11.3. The highest BCUT2D eigenvalue weighted by Crippen LogP contribution is 2.27. The molecule has 0 unspecified atom stereocenters. The molecular formula is C9H12N2O4. The molecule has 0 aliphatic carbocycles. The largest absolute Gasteiger partial charge is 0.504 e. The second kappa shape index (κ2) is 5.18. The molecule has 15 heavy (non-hydrogen) atoms. The molecule has 6 nitrogen and oxygen atoms in total. The fourth-order valence-electron chi connectivity index (χ4n) is 0.971. The highest BCUT2D eigenvalue weighted by Gasteiger charge is 2.05. The maximum atomic E-state index is 10.3. The molecule has 0 saturated carbocycles. The molecule has 0 fully saturated rings. The lowest BCUT2D eigenvalue weighted by Crippen LogP contribution is -2.24. The van der Waals surface area contributed by atoms with Crippen LogP contribution >= 0.6 is 0 Å². The van der Waals surface area contributed by atoms with Gasteiger partial charge in [0.1, 0.15) is 6.61 Å². The Hall–Kier alpha value is -1.79. The zero-order valence-electron chi connectivity index (χ0n) is 7.93. The van der Waals surface area contributed by atoms with Gasteiger partial charge in [-0.1, -0.05) is 12.1 Å². The van der Waals surface area contributed by atoms with Crippen LogP contribution in [0.2, 0.25) is 0 Å². The number of nitrogens with two attached hydrogens (primary N) is 1. The third-order valence-electron chi connectivity index (χ3n) is 1.68. The van der Waals surface area contributed by atoms with Crippen LogP contribution in [0, 0.1) is 0 Å². The maximum Gasteiger partial charge on any atom is 0.245 e. The number of hydroxylamine groups is 1. The Labute approximate surface area is 86.2 Å². The SMILES string of the molecule is NC(=O)CONCc1cccc(O)c1O. The van der Waals surface area contributed by atoms with Crippen molar-refractivity contribution in [3.05, 3.63) is 23.8 Å². The number of carbonyl (C=O) groups excluding carboxylic acids is 1. The van der Waals surface area contributed by atoms with Gasteiger partial charge < -0.3 is 15.9 Å². The number of carbonyl (C=O) groups is 1. The summed E-state index contributed by atoms with van der Waals surface area (Å²) >= 11 is 0. The number of para-hydroxylation sites is 1. The minimum Gasteiger partial charge on any atom is -0.504 e. The van der Waals surface area contributed by atoms with Crippen molar-refractivity contribution in [2.75, 3.05) is 6.61 Å². The molecule has 1 rings (SSSR count). The number of benzene rings is 1. The first kappa shape index (κ1) is 11.3. The molecule has 0 heterocycles. The van der Waals surface area contributed by atoms with Crippen molar-refractivity contribution in [2.45, 2.75) is 6.54 Å². The molecule has 0 atom stereocenters. The van der Waals surface area contributed by atoms with E-state index in [0.717, 1.165) is 0 Å². The summed E-state index contributed by atoms with van der Waals surface area (Å²) in [6, 6.07) is 4.55. The quantitative estimate of drug-likeness (QED) is 0.302.